The van der Waals surface area contributed by atoms with Crippen molar-refractivity contribution in [1.82, 2.24) is 0 Å². The lowest BCUT2D eigenvalue weighted by molar-refractivity contribution is -0.121. The summed E-state index contributed by atoms with van der Waals surface area (Å²) >= 11 is 0. The largest absolute Gasteiger partial charge is 0.481 e. The second-order valence-electron chi connectivity index (χ2n) is 6.97. The third kappa shape index (κ3) is 3.23. The van der Waals surface area contributed by atoms with E-state index < -0.39 is 0 Å². The number of anilines is 3. The number of ether oxygens (including phenoxy) is 1. The van der Waals surface area contributed by atoms with E-state index in [0.717, 1.165) is 17.1 Å². The van der Waals surface area contributed by atoms with Gasteiger partial charge in [-0.3, -0.25) is 4.79 Å². The maximum absolute atomic E-state index is 11.8. The first kappa shape index (κ1) is 16.4. The number of amides is 1. The summed E-state index contributed by atoms with van der Waals surface area (Å²) in [6, 6.07) is 14.2. The third-order valence-electron chi connectivity index (χ3n) is 4.17. The quantitative estimate of drug-likeness (QED) is 0.916. The monoisotopic (exact) mass is 323 g/mol. The van der Waals surface area contributed by atoms with Gasteiger partial charge in [-0.25, -0.2) is 0 Å². The molecular weight excluding hydrogens is 300 g/mol. The summed E-state index contributed by atoms with van der Waals surface area (Å²) in [6.45, 7) is 10.9. The molecule has 0 saturated carbocycles. The zero-order valence-corrected chi connectivity index (χ0v) is 14.4. The first-order chi connectivity index (χ1) is 11.4. The van der Waals surface area contributed by atoms with E-state index in [4.69, 9.17) is 4.74 Å². The highest BCUT2D eigenvalue weighted by Crippen LogP contribution is 2.35. The van der Waals surface area contributed by atoms with Crippen LogP contribution in [0.2, 0.25) is 0 Å². The molecule has 0 aliphatic carbocycles. The third-order valence-corrected chi connectivity index (χ3v) is 4.17. The van der Waals surface area contributed by atoms with E-state index in [0.29, 0.717) is 12.3 Å². The molecule has 4 nitrogen and oxygen atoms in total. The normalized spacial score (nSPS) is 14.2. The summed E-state index contributed by atoms with van der Waals surface area (Å²) in [7, 11) is 0. The first-order valence-electron chi connectivity index (χ1n) is 8.12. The molecule has 24 heavy (non-hydrogen) atoms. The van der Waals surface area contributed by atoms with Crippen molar-refractivity contribution >= 4 is 23.0 Å². The molecule has 0 unspecified atom stereocenters. The number of fused-ring (bicyclic) bond motifs is 1. The molecule has 0 atom stereocenters. The number of nitrogens with one attached hydrogen (secondary N) is 1. The first-order valence-corrected chi connectivity index (χ1v) is 8.12. The smallest absolute Gasteiger partial charge is 0.265 e. The lowest BCUT2D eigenvalue weighted by atomic mass is 9.87. The average Bonchev–Trinajstić information content (AvgIpc) is 2.54. The minimum atomic E-state index is -0.0593. The van der Waals surface area contributed by atoms with Crippen molar-refractivity contribution in [2.75, 3.05) is 23.4 Å². The molecule has 0 bridgehead atoms. The van der Waals surface area contributed by atoms with Crippen LogP contribution >= 0.6 is 0 Å². The molecule has 1 radical (unpaired) electrons. The Morgan fingerprint density at radius 2 is 1.79 bits per heavy atom. The van der Waals surface area contributed by atoms with Gasteiger partial charge >= 0.3 is 0 Å². The van der Waals surface area contributed by atoms with E-state index in [9.17, 15) is 4.79 Å². The van der Waals surface area contributed by atoms with Crippen molar-refractivity contribution in [2.24, 2.45) is 0 Å². The Hall–Kier alpha value is -2.49. The molecule has 0 saturated heterocycles. The van der Waals surface area contributed by atoms with Crippen LogP contribution in [0.15, 0.2) is 42.5 Å². The Bertz CT molecular complexity index is 745. The minimum Gasteiger partial charge on any atom is -0.481 e. The summed E-state index contributed by atoms with van der Waals surface area (Å²) in [6.07, 6.45) is 0. The SMILES string of the molecule is [CH2]CN1C(=O)COc2cc(Nc3ccc(C(C)(C)C)cc3)ccc21. The zero-order valence-electron chi connectivity index (χ0n) is 14.4. The number of hydrogen-bond donors (Lipinski definition) is 1. The summed E-state index contributed by atoms with van der Waals surface area (Å²) < 4.78 is 5.55. The fourth-order valence-electron chi connectivity index (χ4n) is 2.75. The van der Waals surface area contributed by atoms with E-state index in [1.165, 1.54) is 5.56 Å². The van der Waals surface area contributed by atoms with Crippen molar-refractivity contribution in [3.63, 3.8) is 0 Å². The van der Waals surface area contributed by atoms with Gasteiger partial charge in [0.25, 0.3) is 5.91 Å². The van der Waals surface area contributed by atoms with Crippen LogP contribution in [-0.2, 0) is 10.2 Å². The molecule has 125 valence electrons. The van der Waals surface area contributed by atoms with Gasteiger partial charge in [0.15, 0.2) is 6.61 Å². The highest BCUT2D eigenvalue weighted by molar-refractivity contribution is 5.98. The van der Waals surface area contributed by atoms with Crippen LogP contribution in [0.1, 0.15) is 26.3 Å². The summed E-state index contributed by atoms with van der Waals surface area (Å²) in [5, 5.41) is 3.38. The van der Waals surface area contributed by atoms with Crippen molar-refractivity contribution in [1.29, 1.82) is 0 Å². The molecular formula is C20H23N2O2. The van der Waals surface area contributed by atoms with E-state index in [2.05, 4.69) is 57.3 Å². The Labute approximate surface area is 143 Å². The average molecular weight is 323 g/mol. The van der Waals surface area contributed by atoms with Gasteiger partial charge in [-0.2, -0.15) is 0 Å². The number of benzene rings is 2. The van der Waals surface area contributed by atoms with Gasteiger partial charge in [0.05, 0.1) is 5.69 Å². The maximum atomic E-state index is 11.8. The zero-order chi connectivity index (χ0) is 17.3. The number of nitrogens with zero attached hydrogens (tertiary/aromatic N) is 1. The van der Waals surface area contributed by atoms with Gasteiger partial charge in [0, 0.05) is 24.0 Å². The van der Waals surface area contributed by atoms with Gasteiger partial charge in [-0.05, 0) is 42.2 Å². The molecule has 2 aromatic rings. The second kappa shape index (κ2) is 6.19. The van der Waals surface area contributed by atoms with Crippen molar-refractivity contribution in [3.05, 3.63) is 55.0 Å². The summed E-state index contributed by atoms with van der Waals surface area (Å²) in [5.41, 5.74) is 4.16. The number of hydrogen-bond acceptors (Lipinski definition) is 3. The fourth-order valence-corrected chi connectivity index (χ4v) is 2.75. The van der Waals surface area contributed by atoms with Crippen LogP contribution in [0.25, 0.3) is 0 Å². The summed E-state index contributed by atoms with van der Waals surface area (Å²) in [4.78, 5) is 13.5. The van der Waals surface area contributed by atoms with E-state index in [-0.39, 0.29) is 17.9 Å². The second-order valence-corrected chi connectivity index (χ2v) is 6.97. The lowest BCUT2D eigenvalue weighted by Gasteiger charge is -2.28. The van der Waals surface area contributed by atoms with Crippen molar-refractivity contribution in [2.45, 2.75) is 26.2 Å². The standard InChI is InChI=1S/C20H23N2O2/c1-5-22-17-11-10-16(12-18(17)24-13-19(22)23)21-15-8-6-14(7-9-15)20(2,3)4/h6-12,21H,1,5,13H2,2-4H3. The Morgan fingerprint density at radius 1 is 1.12 bits per heavy atom. The van der Waals surface area contributed by atoms with Crippen molar-refractivity contribution < 1.29 is 9.53 Å². The van der Waals surface area contributed by atoms with Crippen LogP contribution in [-0.4, -0.2) is 19.1 Å². The molecule has 0 spiro atoms. The molecule has 1 amide bonds. The van der Waals surface area contributed by atoms with Gasteiger partial charge in [0.1, 0.15) is 5.75 Å². The predicted molar refractivity (Wildman–Crippen MR) is 98.1 cm³/mol. The van der Waals surface area contributed by atoms with Gasteiger partial charge < -0.3 is 15.0 Å². The van der Waals surface area contributed by atoms with E-state index in [1.54, 1.807) is 4.90 Å². The van der Waals surface area contributed by atoms with Gasteiger partial charge in [-0.1, -0.05) is 32.9 Å². The molecule has 0 fully saturated rings. The molecule has 3 rings (SSSR count). The minimum absolute atomic E-state index is 0.0593. The highest BCUT2D eigenvalue weighted by Gasteiger charge is 2.24. The van der Waals surface area contributed by atoms with Crippen LogP contribution in [0.3, 0.4) is 0 Å². The van der Waals surface area contributed by atoms with Crippen LogP contribution in [0, 0.1) is 6.92 Å². The molecule has 2 aromatic carbocycles. The Kier molecular flexibility index (Phi) is 4.22. The van der Waals surface area contributed by atoms with Crippen LogP contribution in [0.4, 0.5) is 17.1 Å². The van der Waals surface area contributed by atoms with E-state index >= 15 is 0 Å². The number of carbonyl (C=O) groups is 1. The number of rotatable bonds is 3. The van der Waals surface area contributed by atoms with Gasteiger partial charge in [0.2, 0.25) is 0 Å². The molecule has 1 heterocycles. The molecule has 1 N–H and O–H groups in total. The van der Waals surface area contributed by atoms with Crippen LogP contribution in [0.5, 0.6) is 5.75 Å². The van der Waals surface area contributed by atoms with Crippen LogP contribution < -0.4 is 15.0 Å². The molecule has 0 aromatic heterocycles. The molecule has 4 heteroatoms. The summed E-state index contributed by atoms with van der Waals surface area (Å²) in [5.74, 6) is 0.644. The molecule has 1 aliphatic heterocycles. The molecule has 1 aliphatic rings. The van der Waals surface area contributed by atoms with Crippen molar-refractivity contribution in [3.8, 4) is 5.75 Å². The predicted octanol–water partition coefficient (Wildman–Crippen LogP) is 4.29. The topological polar surface area (TPSA) is 41.6 Å². The Balaban J connectivity index is 1.81. The Morgan fingerprint density at radius 3 is 2.42 bits per heavy atom. The lowest BCUT2D eigenvalue weighted by Crippen LogP contribution is -2.38. The maximum Gasteiger partial charge on any atom is 0.265 e. The number of carbonyl (C=O) groups excluding carboxylic acids is 1. The van der Waals surface area contributed by atoms with Gasteiger partial charge in [-0.15, -0.1) is 0 Å². The van der Waals surface area contributed by atoms with E-state index in [1.807, 2.05) is 18.2 Å². The fraction of sp³-hybridized carbons (Fsp3) is 0.300. The highest BCUT2D eigenvalue weighted by atomic mass is 16.5.